The van der Waals surface area contributed by atoms with Gasteiger partial charge in [0, 0.05) is 12.1 Å². The minimum Gasteiger partial charge on any atom is -0.331 e. The molecule has 0 unspecified atom stereocenters. The number of aromatic nitrogens is 1. The van der Waals surface area contributed by atoms with Crippen molar-refractivity contribution in [3.8, 4) is 10.4 Å². The lowest BCUT2D eigenvalue weighted by Crippen LogP contribution is -2.45. The van der Waals surface area contributed by atoms with Crippen molar-refractivity contribution in [1.29, 1.82) is 0 Å². The van der Waals surface area contributed by atoms with E-state index in [-0.39, 0.29) is 5.91 Å². The zero-order chi connectivity index (χ0) is 15.8. The zero-order valence-electron chi connectivity index (χ0n) is 13.4. The summed E-state index contributed by atoms with van der Waals surface area (Å²) >= 11 is 1.57. The Bertz CT molecular complexity index is 696. The van der Waals surface area contributed by atoms with Gasteiger partial charge >= 0.3 is 0 Å². The molecule has 1 saturated carbocycles. The highest BCUT2D eigenvalue weighted by Crippen LogP contribution is 2.47. The molecule has 1 aliphatic carbocycles. The minimum absolute atomic E-state index is 0.149. The first-order chi connectivity index (χ1) is 11.3. The maximum atomic E-state index is 13.2. The molecule has 120 valence electrons. The summed E-state index contributed by atoms with van der Waals surface area (Å²) in [5.74, 6) is 0.890. The Morgan fingerprint density at radius 1 is 1.30 bits per heavy atom. The quantitative estimate of drug-likeness (QED) is 0.822. The molecular weight excluding hydrogens is 304 g/mol. The van der Waals surface area contributed by atoms with Crippen LogP contribution in [0.15, 0.2) is 35.8 Å². The summed E-state index contributed by atoms with van der Waals surface area (Å²) in [6.45, 7) is 2.21. The topological polar surface area (TPSA) is 33.2 Å². The summed E-state index contributed by atoms with van der Waals surface area (Å²) in [4.78, 5) is 20.9. The van der Waals surface area contributed by atoms with Crippen LogP contribution in [-0.2, 0) is 0 Å². The molecule has 23 heavy (non-hydrogen) atoms. The molecule has 1 aromatic heterocycles. The van der Waals surface area contributed by atoms with Gasteiger partial charge in [-0.3, -0.25) is 4.79 Å². The van der Waals surface area contributed by atoms with E-state index < -0.39 is 0 Å². The molecule has 3 atom stereocenters. The minimum atomic E-state index is 0.149. The molecule has 1 aliphatic heterocycles. The first-order valence-corrected chi connectivity index (χ1v) is 9.49. The molecule has 1 amide bonds. The maximum Gasteiger partial charge on any atom is 0.274 e. The van der Waals surface area contributed by atoms with Gasteiger partial charge in [0.25, 0.3) is 5.91 Å². The lowest BCUT2D eigenvalue weighted by molar-refractivity contribution is 0.0569. The van der Waals surface area contributed by atoms with Crippen molar-refractivity contribution in [2.45, 2.75) is 51.1 Å². The summed E-state index contributed by atoms with van der Waals surface area (Å²) in [6, 6.07) is 11.0. The van der Waals surface area contributed by atoms with Crippen LogP contribution in [-0.4, -0.2) is 27.9 Å². The Morgan fingerprint density at radius 3 is 2.91 bits per heavy atom. The molecule has 2 aliphatic rings. The van der Waals surface area contributed by atoms with Gasteiger partial charge in [0.1, 0.15) is 5.69 Å². The molecule has 0 N–H and O–H groups in total. The number of likely N-dealkylation sites (tertiary alicyclic amines) is 1. The Hall–Kier alpha value is -1.68. The number of amides is 1. The fourth-order valence-corrected chi connectivity index (χ4v) is 4.73. The van der Waals surface area contributed by atoms with Gasteiger partial charge in [-0.05, 0) is 37.2 Å². The Labute approximate surface area is 141 Å². The third kappa shape index (κ3) is 2.69. The van der Waals surface area contributed by atoms with Crippen LogP contribution in [0.25, 0.3) is 10.4 Å². The van der Waals surface area contributed by atoms with Crippen LogP contribution in [0.5, 0.6) is 0 Å². The predicted octanol–water partition coefficient (Wildman–Crippen LogP) is 4.60. The highest BCUT2D eigenvalue weighted by molar-refractivity contribution is 7.13. The number of carbonyl (C=O) groups excluding carboxylic acids is 1. The van der Waals surface area contributed by atoms with Gasteiger partial charge in [0.05, 0.1) is 10.4 Å². The van der Waals surface area contributed by atoms with E-state index in [1.54, 1.807) is 16.8 Å². The van der Waals surface area contributed by atoms with Gasteiger partial charge in [-0.15, -0.1) is 11.3 Å². The largest absolute Gasteiger partial charge is 0.331 e. The third-order valence-electron chi connectivity index (χ3n) is 5.17. The van der Waals surface area contributed by atoms with Crippen molar-refractivity contribution >= 4 is 17.2 Å². The van der Waals surface area contributed by atoms with Crippen molar-refractivity contribution in [1.82, 2.24) is 9.88 Å². The number of nitrogens with zero attached hydrogens (tertiary/aromatic N) is 2. The number of carbonyl (C=O) groups is 1. The smallest absolute Gasteiger partial charge is 0.274 e. The molecule has 3 nitrogen and oxygen atoms in total. The van der Waals surface area contributed by atoms with Crippen molar-refractivity contribution in [2.24, 2.45) is 5.92 Å². The molecule has 2 aromatic rings. The summed E-state index contributed by atoms with van der Waals surface area (Å²) in [7, 11) is 0. The van der Waals surface area contributed by atoms with E-state index in [0.717, 1.165) is 35.6 Å². The van der Waals surface area contributed by atoms with E-state index in [0.29, 0.717) is 17.8 Å². The van der Waals surface area contributed by atoms with E-state index in [2.05, 4.69) is 28.9 Å². The maximum absolute atomic E-state index is 13.2. The van der Waals surface area contributed by atoms with Gasteiger partial charge in [0.15, 0.2) is 0 Å². The molecule has 4 rings (SSSR count). The van der Waals surface area contributed by atoms with Gasteiger partial charge in [-0.25, -0.2) is 4.98 Å². The Morgan fingerprint density at radius 2 is 2.13 bits per heavy atom. The molecule has 1 saturated heterocycles. The van der Waals surface area contributed by atoms with E-state index in [1.165, 1.54) is 12.8 Å². The van der Waals surface area contributed by atoms with E-state index >= 15 is 0 Å². The fourth-order valence-electron chi connectivity index (χ4n) is 3.95. The highest BCUT2D eigenvalue weighted by atomic mass is 32.1. The van der Waals surface area contributed by atoms with Gasteiger partial charge < -0.3 is 4.90 Å². The van der Waals surface area contributed by atoms with Crippen molar-refractivity contribution in [3.05, 3.63) is 41.5 Å². The lowest BCUT2D eigenvalue weighted by Gasteiger charge is -2.35. The molecule has 2 heterocycles. The van der Waals surface area contributed by atoms with E-state index in [1.807, 2.05) is 18.2 Å². The number of hydrogen-bond donors (Lipinski definition) is 0. The Balaban J connectivity index is 1.65. The van der Waals surface area contributed by atoms with Crippen LogP contribution in [0.4, 0.5) is 0 Å². The summed E-state index contributed by atoms with van der Waals surface area (Å²) < 4.78 is 0. The lowest BCUT2D eigenvalue weighted by atomic mass is 9.97. The molecule has 4 heteroatoms. The van der Waals surface area contributed by atoms with Gasteiger partial charge in [-0.1, -0.05) is 43.7 Å². The summed E-state index contributed by atoms with van der Waals surface area (Å²) in [5, 5.41) is 0. The van der Waals surface area contributed by atoms with Crippen LogP contribution in [0.1, 0.15) is 49.5 Å². The SMILES string of the molecule is CCC[C@@H]1CC[C@H]2C[C@H]2N1C(=O)c1ncsc1-c1ccccc1. The summed E-state index contributed by atoms with van der Waals surface area (Å²) in [5.41, 5.74) is 3.54. The second-order valence-electron chi connectivity index (χ2n) is 6.69. The fraction of sp³-hybridized carbons (Fsp3) is 0.474. The van der Waals surface area contributed by atoms with Crippen molar-refractivity contribution < 1.29 is 4.79 Å². The average molecular weight is 326 g/mol. The normalized spacial score (nSPS) is 26.0. The summed E-state index contributed by atoms with van der Waals surface area (Å²) in [6.07, 6.45) is 5.89. The van der Waals surface area contributed by atoms with Crippen LogP contribution in [0.2, 0.25) is 0 Å². The number of benzene rings is 1. The monoisotopic (exact) mass is 326 g/mol. The second-order valence-corrected chi connectivity index (χ2v) is 7.55. The first kappa shape index (κ1) is 14.9. The van der Waals surface area contributed by atoms with Crippen molar-refractivity contribution in [3.63, 3.8) is 0 Å². The average Bonchev–Trinajstić information content (AvgIpc) is 3.20. The number of thiazole rings is 1. The van der Waals surface area contributed by atoms with Crippen LogP contribution < -0.4 is 0 Å². The van der Waals surface area contributed by atoms with E-state index in [9.17, 15) is 4.79 Å². The van der Waals surface area contributed by atoms with Crippen molar-refractivity contribution in [2.75, 3.05) is 0 Å². The zero-order valence-corrected chi connectivity index (χ0v) is 14.3. The molecule has 2 fully saturated rings. The molecule has 1 aromatic carbocycles. The number of hydrogen-bond acceptors (Lipinski definition) is 3. The molecule has 0 radical (unpaired) electrons. The second kappa shape index (κ2) is 6.08. The van der Waals surface area contributed by atoms with Gasteiger partial charge in [0.2, 0.25) is 0 Å². The molecular formula is C19H22N2OS. The van der Waals surface area contributed by atoms with Crippen LogP contribution >= 0.6 is 11.3 Å². The van der Waals surface area contributed by atoms with Crippen LogP contribution in [0.3, 0.4) is 0 Å². The predicted molar refractivity (Wildman–Crippen MR) is 93.5 cm³/mol. The third-order valence-corrected chi connectivity index (χ3v) is 6.04. The number of rotatable bonds is 4. The van der Waals surface area contributed by atoms with E-state index in [4.69, 9.17) is 0 Å². The Kier molecular flexibility index (Phi) is 3.93. The van der Waals surface area contributed by atoms with Crippen LogP contribution in [0, 0.1) is 5.92 Å². The molecule has 0 bridgehead atoms. The standard InChI is InChI=1S/C19H22N2OS/c1-2-6-15-10-9-14-11-16(14)21(15)19(22)17-18(23-12-20-17)13-7-4-3-5-8-13/h3-5,7-8,12,14-16H,2,6,9-11H2,1H3/t14-,15+,16+/m0/s1. The number of piperidine rings is 1. The highest BCUT2D eigenvalue weighted by Gasteiger charge is 2.50. The van der Waals surface area contributed by atoms with Gasteiger partial charge in [-0.2, -0.15) is 0 Å². The number of fused-ring (bicyclic) bond motifs is 1. The first-order valence-electron chi connectivity index (χ1n) is 8.61. The molecule has 0 spiro atoms.